The van der Waals surface area contributed by atoms with E-state index >= 15 is 0 Å². The Morgan fingerprint density at radius 2 is 2.00 bits per heavy atom. The number of hydrogen-bond acceptors (Lipinski definition) is 5. The highest BCUT2D eigenvalue weighted by atomic mass is 79.9. The first kappa shape index (κ1) is 14.2. The number of nitrogens with zero attached hydrogens (tertiary/aromatic N) is 5. The van der Waals surface area contributed by atoms with E-state index in [1.807, 2.05) is 0 Å². The van der Waals surface area contributed by atoms with Crippen LogP contribution in [0.15, 0.2) is 41.4 Å². The summed E-state index contributed by atoms with van der Waals surface area (Å²) in [6, 6.07) is 5.17. The van der Waals surface area contributed by atoms with Crippen molar-refractivity contribution in [2.75, 3.05) is 0 Å². The predicted molar refractivity (Wildman–Crippen MR) is 81.2 cm³/mol. The monoisotopic (exact) mass is 385 g/mol. The van der Waals surface area contributed by atoms with Crippen molar-refractivity contribution >= 4 is 39.1 Å². The molecule has 0 aliphatic rings. The van der Waals surface area contributed by atoms with Gasteiger partial charge >= 0.3 is 6.01 Å². The van der Waals surface area contributed by atoms with Crippen molar-refractivity contribution in [3.8, 4) is 17.7 Å². The van der Waals surface area contributed by atoms with Crippen molar-refractivity contribution in [3.63, 3.8) is 0 Å². The van der Waals surface area contributed by atoms with Crippen molar-refractivity contribution in [3.05, 3.63) is 51.7 Å². The lowest BCUT2D eigenvalue weighted by atomic mass is 10.3. The molecule has 0 amide bonds. The molecule has 6 nitrogen and oxygen atoms in total. The summed E-state index contributed by atoms with van der Waals surface area (Å²) < 4.78 is 7.87. The third-order valence-corrected chi connectivity index (χ3v) is 3.43. The second-order valence-corrected chi connectivity index (χ2v) is 5.46. The summed E-state index contributed by atoms with van der Waals surface area (Å²) in [6.07, 6.45) is 4.84. The van der Waals surface area contributed by atoms with E-state index in [0.717, 1.165) is 0 Å². The third-order valence-electron chi connectivity index (χ3n) is 2.41. The fraction of sp³-hybridized carbons (Fsp3) is 0. The summed E-state index contributed by atoms with van der Waals surface area (Å²) in [6.45, 7) is 0. The lowest BCUT2D eigenvalue weighted by molar-refractivity contribution is 0.435. The smallest absolute Gasteiger partial charge is 0.328 e. The summed E-state index contributed by atoms with van der Waals surface area (Å²) in [5, 5.41) is 0.607. The number of ether oxygens (including phenoxy) is 1. The molecule has 9 heteroatoms. The normalized spacial score (nSPS) is 10.6. The van der Waals surface area contributed by atoms with Gasteiger partial charge in [-0.2, -0.15) is 15.0 Å². The highest BCUT2D eigenvalue weighted by Crippen LogP contribution is 2.30. The quantitative estimate of drug-likeness (QED) is 0.682. The van der Waals surface area contributed by atoms with Gasteiger partial charge in [0.05, 0.1) is 4.47 Å². The molecule has 21 heavy (non-hydrogen) atoms. The van der Waals surface area contributed by atoms with Gasteiger partial charge in [0.2, 0.25) is 11.2 Å². The Labute approximate surface area is 137 Å². The molecule has 106 valence electrons. The second kappa shape index (κ2) is 5.97. The van der Waals surface area contributed by atoms with Gasteiger partial charge in [-0.05, 0) is 45.7 Å². The fourth-order valence-electron chi connectivity index (χ4n) is 1.52. The Balaban J connectivity index is 1.95. The van der Waals surface area contributed by atoms with Crippen LogP contribution in [0.5, 0.6) is 11.8 Å². The van der Waals surface area contributed by atoms with Crippen molar-refractivity contribution in [1.82, 2.24) is 24.5 Å². The van der Waals surface area contributed by atoms with Crippen molar-refractivity contribution in [2.45, 2.75) is 0 Å². The maximum Gasteiger partial charge on any atom is 0.328 e. The van der Waals surface area contributed by atoms with E-state index in [1.165, 1.54) is 0 Å². The zero-order chi connectivity index (χ0) is 14.8. The van der Waals surface area contributed by atoms with Gasteiger partial charge in [0, 0.05) is 17.4 Å². The minimum absolute atomic E-state index is 0.0220. The Bertz CT molecular complexity index is 781. The van der Waals surface area contributed by atoms with E-state index in [-0.39, 0.29) is 11.3 Å². The molecule has 2 heterocycles. The molecule has 0 saturated carbocycles. The Kier molecular flexibility index (Phi) is 4.05. The standard InChI is InChI=1S/C12H6BrCl2N5O/c13-8-5-7(14)1-2-9(8)21-12-18-10(15)17-11(19-12)20-4-3-16-6-20/h1-6H. The van der Waals surface area contributed by atoms with Crippen LogP contribution >= 0.6 is 39.1 Å². The number of imidazole rings is 1. The first-order chi connectivity index (χ1) is 10.1. The van der Waals surface area contributed by atoms with E-state index in [4.69, 9.17) is 27.9 Å². The van der Waals surface area contributed by atoms with E-state index in [2.05, 4.69) is 35.9 Å². The summed E-state index contributed by atoms with van der Waals surface area (Å²) in [5.41, 5.74) is 0. The van der Waals surface area contributed by atoms with Crippen LogP contribution < -0.4 is 4.74 Å². The van der Waals surface area contributed by atoms with Crippen molar-refractivity contribution in [1.29, 1.82) is 0 Å². The summed E-state index contributed by atoms with van der Waals surface area (Å²) in [7, 11) is 0. The molecule has 0 N–H and O–H groups in total. The molecule has 0 radical (unpaired) electrons. The van der Waals surface area contributed by atoms with Gasteiger partial charge in [-0.25, -0.2) is 4.98 Å². The average Bonchev–Trinajstić information content (AvgIpc) is 2.95. The van der Waals surface area contributed by atoms with Crippen LogP contribution in [-0.2, 0) is 0 Å². The van der Waals surface area contributed by atoms with Gasteiger partial charge in [0.25, 0.3) is 0 Å². The van der Waals surface area contributed by atoms with Crippen LogP contribution in [0.1, 0.15) is 0 Å². The molecule has 0 spiro atoms. The number of rotatable bonds is 3. The SMILES string of the molecule is Clc1ccc(Oc2nc(Cl)nc(-n3ccnc3)n2)c(Br)c1. The molecule has 0 aliphatic carbocycles. The molecule has 0 fully saturated rings. The first-order valence-corrected chi connectivity index (χ1v) is 7.19. The predicted octanol–water partition coefficient (Wildman–Crippen LogP) is 3.92. The Morgan fingerprint density at radius 3 is 2.71 bits per heavy atom. The molecule has 0 saturated heterocycles. The van der Waals surface area contributed by atoms with E-state index in [1.54, 1.807) is 41.5 Å². The van der Waals surface area contributed by atoms with E-state index in [9.17, 15) is 0 Å². The van der Waals surface area contributed by atoms with Crippen molar-refractivity contribution in [2.24, 2.45) is 0 Å². The van der Waals surface area contributed by atoms with Gasteiger partial charge < -0.3 is 4.74 Å². The van der Waals surface area contributed by atoms with Crippen LogP contribution in [0.2, 0.25) is 10.3 Å². The van der Waals surface area contributed by atoms with Gasteiger partial charge in [-0.3, -0.25) is 4.57 Å². The Hall–Kier alpha value is -1.70. The molecule has 3 rings (SSSR count). The fourth-order valence-corrected chi connectivity index (χ4v) is 2.43. The number of hydrogen-bond donors (Lipinski definition) is 0. The third kappa shape index (κ3) is 3.31. The van der Waals surface area contributed by atoms with E-state index < -0.39 is 0 Å². The van der Waals surface area contributed by atoms with Crippen LogP contribution in [0.25, 0.3) is 5.95 Å². The van der Waals surface area contributed by atoms with Crippen LogP contribution in [0.4, 0.5) is 0 Å². The van der Waals surface area contributed by atoms with Gasteiger partial charge in [0.1, 0.15) is 12.1 Å². The largest absolute Gasteiger partial charge is 0.423 e. The minimum atomic E-state index is 0.0220. The summed E-state index contributed by atoms with van der Waals surface area (Å²) in [5.74, 6) is 0.825. The minimum Gasteiger partial charge on any atom is -0.423 e. The highest BCUT2D eigenvalue weighted by Gasteiger charge is 2.10. The summed E-state index contributed by atoms with van der Waals surface area (Å²) >= 11 is 15.1. The molecule has 0 aliphatic heterocycles. The van der Waals surface area contributed by atoms with Gasteiger partial charge in [-0.1, -0.05) is 11.6 Å². The van der Waals surface area contributed by atoms with Gasteiger partial charge in [0.15, 0.2) is 0 Å². The molecule has 0 bridgehead atoms. The molecule has 0 atom stereocenters. The maximum absolute atomic E-state index is 5.89. The van der Waals surface area contributed by atoms with Crippen LogP contribution in [0, 0.1) is 0 Å². The Morgan fingerprint density at radius 1 is 1.14 bits per heavy atom. The van der Waals surface area contributed by atoms with Crippen molar-refractivity contribution < 1.29 is 4.74 Å². The van der Waals surface area contributed by atoms with Crippen LogP contribution in [0.3, 0.4) is 0 Å². The molecule has 0 unspecified atom stereocenters. The molecule has 1 aromatic carbocycles. The van der Waals surface area contributed by atoms with Crippen LogP contribution in [-0.4, -0.2) is 24.5 Å². The molecule has 3 aromatic rings. The highest BCUT2D eigenvalue weighted by molar-refractivity contribution is 9.10. The van der Waals surface area contributed by atoms with Gasteiger partial charge in [-0.15, -0.1) is 0 Å². The molecular weight excluding hydrogens is 381 g/mol. The lowest BCUT2D eigenvalue weighted by Crippen LogP contribution is -2.03. The molecular formula is C12H6BrCl2N5O. The number of benzene rings is 1. The number of halogens is 3. The maximum atomic E-state index is 5.89. The zero-order valence-electron chi connectivity index (χ0n) is 10.2. The molecule has 2 aromatic heterocycles. The lowest BCUT2D eigenvalue weighted by Gasteiger charge is -2.07. The first-order valence-electron chi connectivity index (χ1n) is 5.64. The zero-order valence-corrected chi connectivity index (χ0v) is 13.3. The second-order valence-electron chi connectivity index (χ2n) is 3.83. The number of aromatic nitrogens is 5. The summed E-state index contributed by atoms with van der Waals surface area (Å²) in [4.78, 5) is 16.0. The average molecular weight is 387 g/mol. The van der Waals surface area contributed by atoms with E-state index in [0.29, 0.717) is 21.2 Å². The topological polar surface area (TPSA) is 65.7 Å².